The molecular formula is C32H44N2O6. The number of hydrogen-bond donors (Lipinski definition) is 2. The van der Waals surface area contributed by atoms with Crippen molar-refractivity contribution in [3.63, 3.8) is 0 Å². The number of nitrogens with zero attached hydrogens (tertiary/aromatic N) is 1. The number of benzene rings is 2. The van der Waals surface area contributed by atoms with E-state index in [-0.39, 0.29) is 11.2 Å². The maximum atomic E-state index is 13.8. The number of rotatable bonds is 14. The highest BCUT2D eigenvalue weighted by molar-refractivity contribution is 6.00. The molecule has 0 heterocycles. The number of urea groups is 1. The van der Waals surface area contributed by atoms with Gasteiger partial charge in [-0.2, -0.15) is 0 Å². The average Bonchev–Trinajstić information content (AvgIpc) is 2.87. The molecule has 0 spiro atoms. The Morgan fingerprint density at radius 1 is 1.00 bits per heavy atom. The van der Waals surface area contributed by atoms with Gasteiger partial charge in [0.25, 0.3) is 0 Å². The lowest BCUT2D eigenvalue weighted by molar-refractivity contribution is -0.154. The summed E-state index contributed by atoms with van der Waals surface area (Å²) in [7, 11) is 0. The monoisotopic (exact) mass is 552 g/mol. The number of ether oxygens (including phenoxy) is 2. The molecule has 2 aromatic carbocycles. The fourth-order valence-corrected chi connectivity index (χ4v) is 5.80. The van der Waals surface area contributed by atoms with Crippen molar-refractivity contribution in [3.05, 3.63) is 59.2 Å². The summed E-state index contributed by atoms with van der Waals surface area (Å²) in [6, 6.07) is 12.9. The van der Waals surface area contributed by atoms with E-state index >= 15 is 0 Å². The molecular weight excluding hydrogens is 508 g/mol. The molecule has 40 heavy (non-hydrogen) atoms. The second kappa shape index (κ2) is 13.2. The van der Waals surface area contributed by atoms with Gasteiger partial charge >= 0.3 is 12.0 Å². The van der Waals surface area contributed by atoms with Crippen molar-refractivity contribution >= 4 is 17.8 Å². The number of hydrogen-bond acceptors (Lipinski definition) is 5. The number of amides is 2. The summed E-state index contributed by atoms with van der Waals surface area (Å²) in [6.07, 6.45) is 3.23. The summed E-state index contributed by atoms with van der Waals surface area (Å²) < 4.78 is 11.7. The fraction of sp³-hybridized carbons (Fsp3) is 0.531. The number of nitrogens with one attached hydrogen (secondary N) is 1. The van der Waals surface area contributed by atoms with Gasteiger partial charge in [-0.15, -0.1) is 0 Å². The number of aryl methyl sites for hydroxylation is 1. The third-order valence-electron chi connectivity index (χ3n) is 7.52. The SMILES string of the molecule is CCOc1cc(C(C)N(CCCCc2ccccc2)C(=O)NC2(C(=O)O)CC(C)(C)C2)cc(OCC)c1C(C)=O. The van der Waals surface area contributed by atoms with Crippen LogP contribution in [0.4, 0.5) is 4.79 Å². The van der Waals surface area contributed by atoms with Gasteiger partial charge < -0.3 is 24.8 Å². The minimum absolute atomic E-state index is 0.154. The molecule has 218 valence electrons. The molecule has 2 amide bonds. The maximum Gasteiger partial charge on any atom is 0.329 e. The van der Waals surface area contributed by atoms with Crippen LogP contribution in [-0.4, -0.2) is 53.1 Å². The normalized spacial score (nSPS) is 15.8. The van der Waals surface area contributed by atoms with Gasteiger partial charge in [0.05, 0.1) is 19.3 Å². The Hall–Kier alpha value is -3.55. The average molecular weight is 553 g/mol. The molecule has 1 fully saturated rings. The van der Waals surface area contributed by atoms with E-state index in [9.17, 15) is 19.5 Å². The Balaban J connectivity index is 1.91. The third-order valence-corrected chi connectivity index (χ3v) is 7.52. The van der Waals surface area contributed by atoms with E-state index in [2.05, 4.69) is 17.4 Å². The van der Waals surface area contributed by atoms with Crippen LogP contribution in [0.15, 0.2) is 42.5 Å². The number of carbonyl (C=O) groups excluding carboxylic acids is 2. The van der Waals surface area contributed by atoms with Crippen molar-refractivity contribution in [1.82, 2.24) is 10.2 Å². The van der Waals surface area contributed by atoms with Crippen LogP contribution in [0, 0.1) is 5.41 Å². The molecule has 2 aromatic rings. The van der Waals surface area contributed by atoms with Crippen LogP contribution in [0.1, 0.15) is 94.8 Å². The summed E-state index contributed by atoms with van der Waals surface area (Å²) in [6.45, 7) is 12.2. The minimum atomic E-state index is -1.28. The van der Waals surface area contributed by atoms with Crippen molar-refractivity contribution in [2.45, 2.75) is 85.2 Å². The molecule has 0 saturated heterocycles. The second-order valence-electron chi connectivity index (χ2n) is 11.5. The Morgan fingerprint density at radius 3 is 2.05 bits per heavy atom. The molecule has 1 aliphatic carbocycles. The first-order valence-corrected chi connectivity index (χ1v) is 14.2. The smallest absolute Gasteiger partial charge is 0.329 e. The first kappa shape index (κ1) is 31.0. The lowest BCUT2D eigenvalue weighted by Crippen LogP contribution is -2.66. The van der Waals surface area contributed by atoms with E-state index in [1.807, 2.05) is 52.8 Å². The summed E-state index contributed by atoms with van der Waals surface area (Å²) in [4.78, 5) is 40.2. The third kappa shape index (κ3) is 7.34. The van der Waals surface area contributed by atoms with Crippen LogP contribution in [0.3, 0.4) is 0 Å². The number of aliphatic carboxylic acids is 1. The largest absolute Gasteiger partial charge is 0.493 e. The van der Waals surface area contributed by atoms with Crippen molar-refractivity contribution in [3.8, 4) is 11.5 Å². The Morgan fingerprint density at radius 2 is 1.57 bits per heavy atom. The van der Waals surface area contributed by atoms with Crippen molar-refractivity contribution in [1.29, 1.82) is 0 Å². The predicted molar refractivity (Wildman–Crippen MR) is 155 cm³/mol. The molecule has 1 unspecified atom stereocenters. The second-order valence-corrected chi connectivity index (χ2v) is 11.5. The molecule has 3 rings (SSSR count). The van der Waals surface area contributed by atoms with E-state index < -0.39 is 23.6 Å². The van der Waals surface area contributed by atoms with E-state index in [0.29, 0.717) is 49.7 Å². The zero-order chi connectivity index (χ0) is 29.5. The molecule has 8 heteroatoms. The molecule has 0 aromatic heterocycles. The van der Waals surface area contributed by atoms with E-state index in [1.54, 1.807) is 17.0 Å². The molecule has 0 bridgehead atoms. The van der Waals surface area contributed by atoms with Crippen LogP contribution >= 0.6 is 0 Å². The quantitative estimate of drug-likeness (QED) is 0.207. The number of unbranched alkanes of at least 4 members (excludes halogenated alkanes) is 1. The highest BCUT2D eigenvalue weighted by Gasteiger charge is 2.56. The standard InChI is InChI=1S/C32H44N2O6/c1-7-39-26-18-25(19-27(40-8-2)28(26)23(4)35)22(3)34(17-13-12-16-24-14-10-9-11-15-24)30(38)33-32(29(36)37)20-31(5,6)21-32/h9-11,14-15,18-19,22H,7-8,12-13,16-17,20-21H2,1-6H3,(H,33,38)(H,36,37). The van der Waals surface area contributed by atoms with Gasteiger partial charge in [0.1, 0.15) is 22.6 Å². The molecule has 2 N–H and O–H groups in total. The Kier molecular flexibility index (Phi) is 10.2. The van der Waals surface area contributed by atoms with E-state index in [4.69, 9.17) is 9.47 Å². The minimum Gasteiger partial charge on any atom is -0.493 e. The molecule has 1 saturated carbocycles. The van der Waals surface area contributed by atoms with Gasteiger partial charge in [0.15, 0.2) is 5.78 Å². The molecule has 0 radical (unpaired) electrons. The molecule has 8 nitrogen and oxygen atoms in total. The van der Waals surface area contributed by atoms with Crippen molar-refractivity contribution in [2.75, 3.05) is 19.8 Å². The molecule has 0 aliphatic heterocycles. The number of Topliss-reactive ketones (excluding diaryl/α,β-unsaturated/α-hetero) is 1. The van der Waals surface area contributed by atoms with Gasteiger partial charge in [-0.3, -0.25) is 4.79 Å². The van der Waals surface area contributed by atoms with Crippen LogP contribution < -0.4 is 14.8 Å². The van der Waals surface area contributed by atoms with Gasteiger partial charge in [0, 0.05) is 6.54 Å². The summed E-state index contributed by atoms with van der Waals surface area (Å²) >= 11 is 0. The maximum absolute atomic E-state index is 13.8. The van der Waals surface area contributed by atoms with Gasteiger partial charge in [-0.05, 0) is 88.5 Å². The predicted octanol–water partition coefficient (Wildman–Crippen LogP) is 6.43. The number of carboxylic acids is 1. The van der Waals surface area contributed by atoms with Crippen molar-refractivity contribution < 1.29 is 29.0 Å². The topological polar surface area (TPSA) is 105 Å². The van der Waals surface area contributed by atoms with Crippen LogP contribution in [0.5, 0.6) is 11.5 Å². The van der Waals surface area contributed by atoms with E-state index in [1.165, 1.54) is 12.5 Å². The lowest BCUT2D eigenvalue weighted by atomic mass is 9.59. The van der Waals surface area contributed by atoms with Gasteiger partial charge in [-0.25, -0.2) is 9.59 Å². The first-order chi connectivity index (χ1) is 18.9. The number of carboxylic acid groups (broad SMARTS) is 1. The molecule has 1 aliphatic rings. The van der Waals surface area contributed by atoms with Crippen molar-refractivity contribution in [2.24, 2.45) is 5.41 Å². The van der Waals surface area contributed by atoms with Crippen LogP contribution in [-0.2, 0) is 11.2 Å². The van der Waals surface area contributed by atoms with Crippen LogP contribution in [0.2, 0.25) is 0 Å². The Labute approximate surface area is 238 Å². The first-order valence-electron chi connectivity index (χ1n) is 14.2. The highest BCUT2D eigenvalue weighted by atomic mass is 16.5. The highest BCUT2D eigenvalue weighted by Crippen LogP contribution is 2.48. The Bertz CT molecular complexity index is 1160. The molecule has 1 atom stereocenters. The zero-order valence-corrected chi connectivity index (χ0v) is 24.7. The summed E-state index contributed by atoms with van der Waals surface area (Å²) in [5, 5.41) is 12.9. The zero-order valence-electron chi connectivity index (χ0n) is 24.7. The number of carbonyl (C=O) groups is 3. The van der Waals surface area contributed by atoms with Crippen LogP contribution in [0.25, 0.3) is 0 Å². The summed E-state index contributed by atoms with van der Waals surface area (Å²) in [5.74, 6) is -0.359. The summed E-state index contributed by atoms with van der Waals surface area (Å²) in [5.41, 5.74) is 0.914. The number of ketones is 1. The van der Waals surface area contributed by atoms with Gasteiger partial charge in [-0.1, -0.05) is 44.2 Å². The fourth-order valence-electron chi connectivity index (χ4n) is 5.80. The van der Waals surface area contributed by atoms with Gasteiger partial charge in [0.2, 0.25) is 0 Å². The van der Waals surface area contributed by atoms with E-state index in [0.717, 1.165) is 24.8 Å². The lowest BCUT2D eigenvalue weighted by Gasteiger charge is -2.51.